The van der Waals surface area contributed by atoms with Crippen LogP contribution in [0.4, 0.5) is 17.1 Å². The Morgan fingerprint density at radius 3 is 1.75 bits per heavy atom. The van der Waals surface area contributed by atoms with Crippen LogP contribution in [0.3, 0.4) is 0 Å². The normalized spacial score (nSPS) is 17.6. The number of benzene rings is 4. The number of nitrogens with one attached hydrogen (secondary N) is 3. The Bertz CT molecular complexity index is 3240. The number of aliphatic imine (C=N–C) groups is 2. The molecule has 0 radical (unpaired) electrons. The van der Waals surface area contributed by atoms with Gasteiger partial charge in [-0.05, 0) is 84.4 Å². The van der Waals surface area contributed by atoms with Crippen molar-refractivity contribution >= 4 is 82.0 Å². The van der Waals surface area contributed by atoms with Gasteiger partial charge in [0.2, 0.25) is 17.7 Å². The molecule has 5 aliphatic rings. The molecule has 9 rings (SSSR count). The highest BCUT2D eigenvalue weighted by Gasteiger charge is 2.36. The van der Waals surface area contributed by atoms with E-state index in [4.69, 9.17) is 33.7 Å². The average Bonchev–Trinajstić information content (AvgIpc) is 4.18. The summed E-state index contributed by atoms with van der Waals surface area (Å²) in [5.41, 5.74) is 5.77. The van der Waals surface area contributed by atoms with Gasteiger partial charge in [-0.25, -0.2) is 0 Å². The van der Waals surface area contributed by atoms with E-state index in [-0.39, 0.29) is 67.7 Å². The lowest BCUT2D eigenvalue weighted by molar-refractivity contribution is -0.137. The largest absolute Gasteiger partial charge is 0.497 e. The van der Waals surface area contributed by atoms with Gasteiger partial charge in [0.1, 0.15) is 17.8 Å². The molecule has 20 heteroatoms. The zero-order valence-corrected chi connectivity index (χ0v) is 45.5. The second-order valence-electron chi connectivity index (χ2n) is 20.2. The van der Waals surface area contributed by atoms with Gasteiger partial charge in [-0.15, -0.1) is 0 Å². The van der Waals surface area contributed by atoms with E-state index < -0.39 is 29.9 Å². The molecule has 0 spiro atoms. The molecule has 0 saturated heterocycles. The molecule has 4 aromatic carbocycles. The third kappa shape index (κ3) is 12.4. The second-order valence-corrected chi connectivity index (χ2v) is 20.2. The Morgan fingerprint density at radius 2 is 1.20 bits per heavy atom. The lowest BCUT2D eigenvalue weighted by atomic mass is 10.0. The molecule has 0 fully saturated rings. The summed E-state index contributed by atoms with van der Waals surface area (Å²) in [5, 5.41) is 8.39. The summed E-state index contributed by atoms with van der Waals surface area (Å²) in [7, 11) is 4.64. The summed E-state index contributed by atoms with van der Waals surface area (Å²) in [6.07, 6.45) is 13.0. The van der Waals surface area contributed by atoms with Crippen molar-refractivity contribution in [1.29, 1.82) is 0 Å². The van der Waals surface area contributed by atoms with Crippen molar-refractivity contribution in [2.45, 2.75) is 89.9 Å². The number of ether oxygens (including phenoxy) is 5. The molecule has 3 N–H and O–H groups in total. The van der Waals surface area contributed by atoms with E-state index in [0.717, 1.165) is 32.9 Å². The van der Waals surface area contributed by atoms with E-state index in [1.165, 1.54) is 26.4 Å². The van der Waals surface area contributed by atoms with Crippen LogP contribution >= 0.6 is 0 Å². The van der Waals surface area contributed by atoms with E-state index in [1.807, 2.05) is 36.5 Å². The van der Waals surface area contributed by atoms with Crippen LogP contribution in [0.5, 0.6) is 28.7 Å². The monoisotopic (exact) mass is 1090 g/mol. The number of amides is 7. The predicted molar refractivity (Wildman–Crippen MR) is 300 cm³/mol. The number of carbonyl (C=O) groups is 7. The molecule has 4 atom stereocenters. The van der Waals surface area contributed by atoms with Gasteiger partial charge < -0.3 is 49.4 Å². The quantitative estimate of drug-likeness (QED) is 0.0482. The number of carbonyl (C=O) groups excluding carboxylic acids is 7. The standard InChI is InChI=1S/C60H64N8O12/c1-35(2)56(65-53(69)14-8-7-9-21-66-54(70)19-20-55(66)71)58(73)63-36(3)57(72)64-41-13-10-12-38(24-41)40-26-43-32-62-48-30-52(50(78-6)28-46(48)60(75)68(43)34-40)80-23-11-22-79-51-29-47-45(27-49(51)77-5)59(74)67-33-39(25-42(67)31-61-47)37-15-17-44(76-4)18-16-37/h10,12-13,15-20,24,27-36,42-43,56H,7-9,11,14,21-23,25-26H2,1-6H3,(H,63,73)(H,64,72)(H,65,69)/t36?,42-,43-,56?/m0/s1. The number of nitrogens with zero attached hydrogens (tertiary/aromatic N) is 5. The number of methoxy groups -OCH3 is 3. The Hall–Kier alpha value is -9.07. The van der Waals surface area contributed by atoms with Gasteiger partial charge >= 0.3 is 0 Å². The van der Waals surface area contributed by atoms with Crippen LogP contribution in [0.1, 0.15) is 97.6 Å². The van der Waals surface area contributed by atoms with Crippen LogP contribution in [0.15, 0.2) is 107 Å². The van der Waals surface area contributed by atoms with Crippen molar-refractivity contribution in [2.24, 2.45) is 15.9 Å². The van der Waals surface area contributed by atoms with Gasteiger partial charge in [0.05, 0.1) is 69.1 Å². The first-order chi connectivity index (χ1) is 38.6. The molecule has 20 nitrogen and oxygen atoms in total. The molecule has 4 aromatic rings. The van der Waals surface area contributed by atoms with Crippen LogP contribution in [0.25, 0.3) is 11.1 Å². The molecule has 80 heavy (non-hydrogen) atoms. The Balaban J connectivity index is 0.754. The molecule has 0 aliphatic carbocycles. The number of unbranched alkanes of at least 4 members (excludes halogenated alkanes) is 2. The fourth-order valence-electron chi connectivity index (χ4n) is 9.95. The third-order valence-corrected chi connectivity index (χ3v) is 14.4. The van der Waals surface area contributed by atoms with Gasteiger partial charge in [-0.1, -0.05) is 44.5 Å². The van der Waals surface area contributed by atoms with Gasteiger partial charge in [-0.2, -0.15) is 0 Å². The fourth-order valence-corrected chi connectivity index (χ4v) is 9.95. The molecule has 2 unspecified atom stereocenters. The van der Waals surface area contributed by atoms with Crippen LogP contribution in [0.2, 0.25) is 0 Å². The lowest BCUT2D eigenvalue weighted by Gasteiger charge is -2.24. The van der Waals surface area contributed by atoms with Gasteiger partial charge in [0.15, 0.2) is 23.0 Å². The summed E-state index contributed by atoms with van der Waals surface area (Å²) >= 11 is 0. The third-order valence-electron chi connectivity index (χ3n) is 14.4. The Labute approximate surface area is 463 Å². The van der Waals surface area contributed by atoms with Crippen molar-refractivity contribution in [3.05, 3.63) is 120 Å². The van der Waals surface area contributed by atoms with Crippen LogP contribution < -0.4 is 39.6 Å². The minimum atomic E-state index is -0.949. The minimum Gasteiger partial charge on any atom is -0.497 e. The van der Waals surface area contributed by atoms with E-state index in [2.05, 4.69) is 16.0 Å². The smallest absolute Gasteiger partial charge is 0.260 e. The summed E-state index contributed by atoms with van der Waals surface area (Å²) in [5.74, 6) is -0.363. The van der Waals surface area contributed by atoms with Crippen LogP contribution in [-0.4, -0.2) is 134 Å². The summed E-state index contributed by atoms with van der Waals surface area (Å²) in [6.45, 7) is 5.92. The second kappa shape index (κ2) is 24.7. The van der Waals surface area contributed by atoms with Crippen LogP contribution in [0, 0.1) is 5.92 Å². The van der Waals surface area contributed by atoms with Gasteiger partial charge in [0, 0.05) is 87.0 Å². The minimum absolute atomic E-state index is 0.156. The summed E-state index contributed by atoms with van der Waals surface area (Å²) in [4.78, 5) is 105. The highest BCUT2D eigenvalue weighted by molar-refractivity contribution is 6.13. The molecule has 5 heterocycles. The van der Waals surface area contributed by atoms with Crippen molar-refractivity contribution < 1.29 is 57.2 Å². The number of anilines is 1. The highest BCUT2D eigenvalue weighted by Crippen LogP contribution is 2.42. The highest BCUT2D eigenvalue weighted by atomic mass is 16.5. The first-order valence-electron chi connectivity index (χ1n) is 26.7. The SMILES string of the molecule is COc1ccc(C2=CN3C(=O)c4cc(OC)c(OCCCOc5cc6c(cc5OC)C(=O)N5C=C(c7cccc(NC(=O)C(C)NC(=O)C(NC(=O)CCCCCN8C(=O)C=CC8=O)C(C)C)c7)C[C@H]5C=N6)cc4N=C[C@@H]3C2)cc1. The first-order valence-corrected chi connectivity index (χ1v) is 26.7. The molecule has 0 bridgehead atoms. The van der Waals surface area contributed by atoms with Crippen LogP contribution in [-0.2, 0) is 24.0 Å². The van der Waals surface area contributed by atoms with E-state index in [1.54, 1.807) is 98.8 Å². The number of hydrogen-bond acceptors (Lipinski definition) is 14. The number of imide groups is 1. The van der Waals surface area contributed by atoms with Gasteiger partial charge in [-0.3, -0.25) is 48.4 Å². The Morgan fingerprint density at radius 1 is 0.625 bits per heavy atom. The van der Waals surface area contributed by atoms with Crippen molar-refractivity contribution in [3.63, 3.8) is 0 Å². The molecule has 0 aromatic heterocycles. The molecule has 0 saturated carbocycles. The van der Waals surface area contributed by atoms with E-state index in [9.17, 15) is 33.6 Å². The average molecular weight is 1090 g/mol. The molecular weight excluding hydrogens is 1020 g/mol. The maximum atomic E-state index is 14.2. The van der Waals surface area contributed by atoms with E-state index in [0.29, 0.717) is 89.7 Å². The zero-order valence-electron chi connectivity index (χ0n) is 45.5. The predicted octanol–water partition coefficient (Wildman–Crippen LogP) is 7.57. The molecule has 7 amide bonds. The Kier molecular flexibility index (Phi) is 17.2. The van der Waals surface area contributed by atoms with Crippen molar-refractivity contribution in [1.82, 2.24) is 25.3 Å². The zero-order chi connectivity index (χ0) is 56.6. The maximum absolute atomic E-state index is 14.2. The number of rotatable bonds is 23. The van der Waals surface area contributed by atoms with Gasteiger partial charge in [0.25, 0.3) is 23.6 Å². The molecular formula is C60H64N8O12. The molecule has 416 valence electrons. The topological polar surface area (TPSA) is 236 Å². The maximum Gasteiger partial charge on any atom is 0.260 e. The first kappa shape index (κ1) is 55.7. The van der Waals surface area contributed by atoms with Crippen molar-refractivity contribution in [3.8, 4) is 28.7 Å². The summed E-state index contributed by atoms with van der Waals surface area (Å²) in [6, 6.07) is 19.2. The molecule has 5 aliphatic heterocycles. The lowest BCUT2D eigenvalue weighted by Crippen LogP contribution is -2.53. The summed E-state index contributed by atoms with van der Waals surface area (Å²) < 4.78 is 29.0. The van der Waals surface area contributed by atoms with Crippen molar-refractivity contribution in [2.75, 3.05) is 46.4 Å². The number of hydrogen-bond donors (Lipinski definition) is 3. The number of fused-ring (bicyclic) bond motifs is 4. The fraction of sp³-hybridized carbons (Fsp3) is 0.350. The van der Waals surface area contributed by atoms with E-state index >= 15 is 0 Å².